The molecule has 0 bridgehead atoms. The van der Waals surface area contributed by atoms with E-state index in [9.17, 15) is 0 Å². The van der Waals surface area contributed by atoms with E-state index in [1.54, 1.807) is 11.3 Å². The van der Waals surface area contributed by atoms with Crippen molar-refractivity contribution in [1.82, 2.24) is 9.88 Å². The number of nitrogens with zero attached hydrogens (tertiary/aromatic N) is 2. The molecular weight excluding hydrogens is 266 g/mol. The Morgan fingerprint density at radius 2 is 1.90 bits per heavy atom. The maximum atomic E-state index is 4.47. The molecule has 0 amide bonds. The normalized spacial score (nSPS) is 11.8. The molecule has 0 aliphatic heterocycles. The minimum absolute atomic E-state index is 0.224. The molecule has 0 spiro atoms. The summed E-state index contributed by atoms with van der Waals surface area (Å²) in [6.07, 6.45) is 1.95. The van der Waals surface area contributed by atoms with E-state index >= 15 is 0 Å². The van der Waals surface area contributed by atoms with Crippen molar-refractivity contribution < 1.29 is 0 Å². The molecule has 1 N–H and O–H groups in total. The summed E-state index contributed by atoms with van der Waals surface area (Å²) in [7, 11) is 4.22. The van der Waals surface area contributed by atoms with Crippen LogP contribution in [0.1, 0.15) is 13.8 Å². The summed E-state index contributed by atoms with van der Waals surface area (Å²) in [4.78, 5) is 7.90. The van der Waals surface area contributed by atoms with Gasteiger partial charge >= 0.3 is 0 Å². The van der Waals surface area contributed by atoms with Crippen LogP contribution in [0.2, 0.25) is 0 Å². The molecule has 0 saturated heterocycles. The smallest absolute Gasteiger partial charge is 0.183 e. The molecular formula is C16H23N3S. The highest BCUT2D eigenvalue weighted by Gasteiger charge is 2.19. The summed E-state index contributed by atoms with van der Waals surface area (Å²) in [6, 6.07) is 10.4. The van der Waals surface area contributed by atoms with E-state index in [2.05, 4.69) is 67.4 Å². The second kappa shape index (κ2) is 6.37. The molecule has 0 atom stereocenters. The first-order valence-corrected chi connectivity index (χ1v) is 7.68. The first-order chi connectivity index (χ1) is 9.46. The SMILES string of the molecule is CN(C)CC(C)(C)CNc1ncc(-c2ccccc2)s1. The second-order valence-electron chi connectivity index (χ2n) is 6.15. The number of anilines is 1. The summed E-state index contributed by atoms with van der Waals surface area (Å²) < 4.78 is 0. The molecule has 4 heteroatoms. The van der Waals surface area contributed by atoms with Crippen molar-refractivity contribution in [2.75, 3.05) is 32.5 Å². The first-order valence-electron chi connectivity index (χ1n) is 6.86. The van der Waals surface area contributed by atoms with Crippen LogP contribution in [0.25, 0.3) is 10.4 Å². The molecule has 2 rings (SSSR count). The third-order valence-electron chi connectivity index (χ3n) is 3.03. The minimum atomic E-state index is 0.224. The van der Waals surface area contributed by atoms with Gasteiger partial charge < -0.3 is 10.2 Å². The molecule has 0 saturated carbocycles. The average molecular weight is 289 g/mol. The Balaban J connectivity index is 1.97. The fourth-order valence-corrected chi connectivity index (χ4v) is 3.14. The van der Waals surface area contributed by atoms with E-state index < -0.39 is 0 Å². The summed E-state index contributed by atoms with van der Waals surface area (Å²) >= 11 is 1.71. The molecule has 20 heavy (non-hydrogen) atoms. The van der Waals surface area contributed by atoms with E-state index in [-0.39, 0.29) is 5.41 Å². The van der Waals surface area contributed by atoms with Crippen molar-refractivity contribution in [2.45, 2.75) is 13.8 Å². The fourth-order valence-electron chi connectivity index (χ4n) is 2.32. The average Bonchev–Trinajstić information content (AvgIpc) is 2.85. The zero-order chi connectivity index (χ0) is 14.6. The maximum absolute atomic E-state index is 4.47. The summed E-state index contributed by atoms with van der Waals surface area (Å²) in [5, 5.41) is 4.46. The summed E-state index contributed by atoms with van der Waals surface area (Å²) in [6.45, 7) is 6.52. The van der Waals surface area contributed by atoms with Crippen LogP contribution in [0.3, 0.4) is 0 Å². The van der Waals surface area contributed by atoms with E-state index in [1.165, 1.54) is 10.4 Å². The number of benzene rings is 1. The van der Waals surface area contributed by atoms with E-state index in [0.29, 0.717) is 0 Å². The molecule has 1 heterocycles. The Labute approximate surface area is 125 Å². The zero-order valence-corrected chi connectivity index (χ0v) is 13.5. The Kier molecular flexibility index (Phi) is 4.78. The van der Waals surface area contributed by atoms with Crippen molar-refractivity contribution in [3.8, 4) is 10.4 Å². The Hall–Kier alpha value is -1.39. The molecule has 1 aromatic carbocycles. The van der Waals surface area contributed by atoms with Gasteiger partial charge in [-0.1, -0.05) is 55.5 Å². The monoisotopic (exact) mass is 289 g/mol. The maximum Gasteiger partial charge on any atom is 0.183 e. The van der Waals surface area contributed by atoms with Gasteiger partial charge in [-0.05, 0) is 25.1 Å². The molecule has 3 nitrogen and oxygen atoms in total. The van der Waals surface area contributed by atoms with Crippen molar-refractivity contribution in [1.29, 1.82) is 0 Å². The van der Waals surface area contributed by atoms with Crippen LogP contribution in [0.15, 0.2) is 36.5 Å². The van der Waals surface area contributed by atoms with Crippen LogP contribution < -0.4 is 5.32 Å². The summed E-state index contributed by atoms with van der Waals surface area (Å²) in [5.74, 6) is 0. The number of thiazole rings is 1. The highest BCUT2D eigenvalue weighted by Crippen LogP contribution is 2.29. The van der Waals surface area contributed by atoms with Gasteiger partial charge in [0, 0.05) is 19.3 Å². The number of hydrogen-bond donors (Lipinski definition) is 1. The van der Waals surface area contributed by atoms with Gasteiger partial charge in [0.15, 0.2) is 5.13 Å². The quantitative estimate of drug-likeness (QED) is 0.876. The van der Waals surface area contributed by atoms with Crippen molar-refractivity contribution in [3.05, 3.63) is 36.5 Å². The lowest BCUT2D eigenvalue weighted by Crippen LogP contribution is -2.34. The lowest BCUT2D eigenvalue weighted by atomic mass is 9.93. The van der Waals surface area contributed by atoms with Crippen LogP contribution in [-0.2, 0) is 0 Å². The Bertz CT molecular complexity index is 532. The predicted molar refractivity (Wildman–Crippen MR) is 88.4 cm³/mol. The molecule has 0 unspecified atom stereocenters. The molecule has 108 valence electrons. The minimum Gasteiger partial charge on any atom is -0.361 e. The molecule has 0 aliphatic rings. The highest BCUT2D eigenvalue weighted by molar-refractivity contribution is 7.18. The largest absolute Gasteiger partial charge is 0.361 e. The van der Waals surface area contributed by atoms with Gasteiger partial charge in [-0.15, -0.1) is 0 Å². The van der Waals surface area contributed by atoms with Crippen molar-refractivity contribution in [2.24, 2.45) is 5.41 Å². The van der Waals surface area contributed by atoms with Crippen LogP contribution >= 0.6 is 11.3 Å². The third-order valence-corrected chi connectivity index (χ3v) is 4.03. The number of aromatic nitrogens is 1. The molecule has 0 radical (unpaired) electrons. The molecule has 1 aromatic heterocycles. The molecule has 0 aliphatic carbocycles. The Morgan fingerprint density at radius 3 is 2.55 bits per heavy atom. The standard InChI is InChI=1S/C16H23N3S/c1-16(2,12-19(3)4)11-18-15-17-10-14(20-15)13-8-6-5-7-9-13/h5-10H,11-12H2,1-4H3,(H,17,18). The van der Waals surface area contributed by atoms with Gasteiger partial charge in [-0.25, -0.2) is 4.98 Å². The predicted octanol–water partition coefficient (Wildman–Crippen LogP) is 3.81. The van der Waals surface area contributed by atoms with Gasteiger partial charge in [0.2, 0.25) is 0 Å². The molecule has 2 aromatic rings. The first kappa shape index (κ1) is 15.0. The van der Waals surface area contributed by atoms with E-state index in [4.69, 9.17) is 0 Å². The van der Waals surface area contributed by atoms with Crippen LogP contribution in [0.4, 0.5) is 5.13 Å². The van der Waals surface area contributed by atoms with Crippen LogP contribution in [0.5, 0.6) is 0 Å². The molecule has 0 fully saturated rings. The van der Waals surface area contributed by atoms with Gasteiger partial charge in [0.1, 0.15) is 0 Å². The lowest BCUT2D eigenvalue weighted by Gasteiger charge is -2.28. The third kappa shape index (κ3) is 4.32. The topological polar surface area (TPSA) is 28.2 Å². The van der Waals surface area contributed by atoms with Crippen LogP contribution in [-0.4, -0.2) is 37.1 Å². The van der Waals surface area contributed by atoms with Gasteiger partial charge in [0.05, 0.1) is 4.88 Å². The number of hydrogen-bond acceptors (Lipinski definition) is 4. The number of rotatable bonds is 6. The lowest BCUT2D eigenvalue weighted by molar-refractivity contribution is 0.254. The van der Waals surface area contributed by atoms with Gasteiger partial charge in [-0.2, -0.15) is 0 Å². The second-order valence-corrected chi connectivity index (χ2v) is 7.18. The van der Waals surface area contributed by atoms with Gasteiger partial charge in [-0.3, -0.25) is 0 Å². The Morgan fingerprint density at radius 1 is 1.20 bits per heavy atom. The van der Waals surface area contributed by atoms with E-state index in [1.807, 2.05) is 12.3 Å². The number of nitrogens with one attached hydrogen (secondary N) is 1. The van der Waals surface area contributed by atoms with E-state index in [0.717, 1.165) is 18.2 Å². The van der Waals surface area contributed by atoms with Crippen LogP contribution in [0, 0.1) is 5.41 Å². The van der Waals surface area contributed by atoms with Crippen molar-refractivity contribution >= 4 is 16.5 Å². The summed E-state index contributed by atoms with van der Waals surface area (Å²) in [5.41, 5.74) is 1.45. The van der Waals surface area contributed by atoms with Crippen molar-refractivity contribution in [3.63, 3.8) is 0 Å². The van der Waals surface area contributed by atoms with Gasteiger partial charge in [0.25, 0.3) is 0 Å². The fraction of sp³-hybridized carbons (Fsp3) is 0.438. The highest BCUT2D eigenvalue weighted by atomic mass is 32.1. The zero-order valence-electron chi connectivity index (χ0n) is 12.7.